The van der Waals surface area contributed by atoms with Crippen molar-refractivity contribution in [2.75, 3.05) is 0 Å². The number of ether oxygens (including phenoxy) is 1. The van der Waals surface area contributed by atoms with Crippen LogP contribution >= 0.6 is 0 Å². The summed E-state index contributed by atoms with van der Waals surface area (Å²) in [5, 5.41) is 0. The van der Waals surface area contributed by atoms with Crippen molar-refractivity contribution in [3.63, 3.8) is 0 Å². The zero-order valence-corrected chi connectivity index (χ0v) is 10.6. The molecule has 0 N–H and O–H groups in total. The van der Waals surface area contributed by atoms with Crippen LogP contribution in [-0.4, -0.2) is 17.4 Å². The molecular weight excluding hydrogens is 226 g/mol. The van der Waals surface area contributed by atoms with E-state index in [1.165, 1.54) is 12.0 Å². The van der Waals surface area contributed by atoms with Gasteiger partial charge in [0, 0.05) is 5.56 Å². The first kappa shape index (κ1) is 11.5. The number of nitrogens with zero attached hydrogens (tertiary/aromatic N) is 1. The molecule has 18 heavy (non-hydrogen) atoms. The highest BCUT2D eigenvalue weighted by molar-refractivity contribution is 6.07. The number of carbonyl (C=O) groups is 1. The van der Waals surface area contributed by atoms with Crippen molar-refractivity contribution in [3.8, 4) is 0 Å². The Morgan fingerprint density at radius 1 is 1.11 bits per heavy atom. The average molecular weight is 243 g/mol. The van der Waals surface area contributed by atoms with E-state index in [2.05, 4.69) is 4.99 Å². The second kappa shape index (κ2) is 4.23. The Morgan fingerprint density at radius 2 is 1.78 bits per heavy atom. The van der Waals surface area contributed by atoms with Crippen LogP contribution in [0, 0.1) is 6.92 Å². The van der Waals surface area contributed by atoms with Crippen LogP contribution in [0.25, 0.3) is 0 Å². The molecule has 1 saturated carbocycles. The largest absolute Gasteiger partial charge is 0.405 e. The van der Waals surface area contributed by atoms with Crippen molar-refractivity contribution in [2.45, 2.75) is 44.6 Å². The zero-order chi connectivity index (χ0) is 12.6. The number of hydrogen-bond donors (Lipinski definition) is 0. The van der Waals surface area contributed by atoms with Crippen molar-refractivity contribution >= 4 is 11.9 Å². The van der Waals surface area contributed by atoms with E-state index in [4.69, 9.17) is 4.74 Å². The third-order valence-electron chi connectivity index (χ3n) is 3.86. The highest BCUT2D eigenvalue weighted by atomic mass is 16.6. The molecule has 1 aromatic carbocycles. The van der Waals surface area contributed by atoms with Gasteiger partial charge in [0.25, 0.3) is 0 Å². The molecule has 1 fully saturated rings. The van der Waals surface area contributed by atoms with Crippen LogP contribution in [0.3, 0.4) is 0 Å². The minimum Gasteiger partial charge on any atom is -0.405 e. The number of benzene rings is 1. The number of esters is 1. The van der Waals surface area contributed by atoms with Gasteiger partial charge in [-0.3, -0.25) is 0 Å². The molecule has 0 unspecified atom stereocenters. The van der Waals surface area contributed by atoms with Crippen molar-refractivity contribution in [2.24, 2.45) is 4.99 Å². The van der Waals surface area contributed by atoms with Crippen LogP contribution in [0.15, 0.2) is 29.3 Å². The maximum atomic E-state index is 12.1. The summed E-state index contributed by atoms with van der Waals surface area (Å²) in [6, 6.07) is 7.95. The highest BCUT2D eigenvalue weighted by Gasteiger charge is 2.46. The first-order valence-corrected chi connectivity index (χ1v) is 6.59. The lowest BCUT2D eigenvalue weighted by molar-refractivity contribution is -0.140. The molecule has 2 aliphatic rings. The molecule has 3 nitrogen and oxygen atoms in total. The maximum absolute atomic E-state index is 12.1. The predicted molar refractivity (Wildman–Crippen MR) is 69.6 cm³/mol. The Bertz CT molecular complexity index is 496. The van der Waals surface area contributed by atoms with E-state index in [0.29, 0.717) is 5.90 Å². The van der Waals surface area contributed by atoms with Gasteiger partial charge >= 0.3 is 5.97 Å². The summed E-state index contributed by atoms with van der Waals surface area (Å²) in [5.74, 6) is 0.347. The summed E-state index contributed by atoms with van der Waals surface area (Å²) in [6.07, 6.45) is 5.01. The summed E-state index contributed by atoms with van der Waals surface area (Å²) < 4.78 is 5.39. The Balaban J connectivity index is 1.92. The second-order valence-electron chi connectivity index (χ2n) is 5.26. The normalized spacial score (nSPS) is 21.8. The van der Waals surface area contributed by atoms with Crippen molar-refractivity contribution in [3.05, 3.63) is 35.4 Å². The van der Waals surface area contributed by atoms with Gasteiger partial charge in [0.2, 0.25) is 5.90 Å². The summed E-state index contributed by atoms with van der Waals surface area (Å²) in [4.78, 5) is 16.7. The third-order valence-corrected chi connectivity index (χ3v) is 3.86. The molecule has 1 aliphatic heterocycles. The molecule has 0 radical (unpaired) electrons. The Hall–Kier alpha value is -1.64. The van der Waals surface area contributed by atoms with Gasteiger partial charge in [0.15, 0.2) is 5.54 Å². The van der Waals surface area contributed by atoms with Crippen LogP contribution in [-0.2, 0) is 9.53 Å². The van der Waals surface area contributed by atoms with Gasteiger partial charge < -0.3 is 4.74 Å². The van der Waals surface area contributed by atoms with E-state index in [1.807, 2.05) is 31.2 Å². The van der Waals surface area contributed by atoms with Gasteiger partial charge in [-0.25, -0.2) is 9.79 Å². The van der Waals surface area contributed by atoms with E-state index in [1.54, 1.807) is 0 Å². The highest BCUT2D eigenvalue weighted by Crippen LogP contribution is 2.37. The number of aryl methyl sites for hydroxylation is 1. The number of aliphatic imine (C=N–C) groups is 1. The Kier molecular flexibility index (Phi) is 2.69. The fourth-order valence-electron chi connectivity index (χ4n) is 2.72. The van der Waals surface area contributed by atoms with Gasteiger partial charge in [0.1, 0.15) is 0 Å². The van der Waals surface area contributed by atoms with Crippen molar-refractivity contribution < 1.29 is 9.53 Å². The molecule has 1 aliphatic carbocycles. The summed E-state index contributed by atoms with van der Waals surface area (Å²) in [6.45, 7) is 2.04. The summed E-state index contributed by atoms with van der Waals surface area (Å²) in [5.41, 5.74) is 1.52. The third kappa shape index (κ3) is 1.84. The fourth-order valence-corrected chi connectivity index (χ4v) is 2.72. The van der Waals surface area contributed by atoms with Gasteiger partial charge in [-0.2, -0.15) is 0 Å². The first-order valence-electron chi connectivity index (χ1n) is 6.59. The van der Waals surface area contributed by atoms with E-state index >= 15 is 0 Å². The summed E-state index contributed by atoms with van der Waals surface area (Å²) in [7, 11) is 0. The van der Waals surface area contributed by atoms with Gasteiger partial charge in [-0.05, 0) is 31.9 Å². The maximum Gasteiger partial charge on any atom is 0.340 e. The van der Waals surface area contributed by atoms with Gasteiger partial charge in [0.05, 0.1) is 0 Å². The number of hydrogen-bond acceptors (Lipinski definition) is 3. The van der Waals surface area contributed by atoms with E-state index in [9.17, 15) is 4.79 Å². The van der Waals surface area contributed by atoms with Gasteiger partial charge in [-0.1, -0.05) is 37.0 Å². The molecule has 3 rings (SSSR count). The predicted octanol–water partition coefficient (Wildman–Crippen LogP) is 3.00. The smallest absolute Gasteiger partial charge is 0.340 e. The summed E-state index contributed by atoms with van der Waals surface area (Å²) >= 11 is 0. The molecule has 94 valence electrons. The SMILES string of the molecule is Cc1ccc(C2=NC3(CCCCC3)C(=O)O2)cc1. The molecule has 0 aromatic heterocycles. The molecule has 1 spiro atoms. The monoisotopic (exact) mass is 243 g/mol. The quantitative estimate of drug-likeness (QED) is 0.711. The molecule has 3 heteroatoms. The Morgan fingerprint density at radius 3 is 2.44 bits per heavy atom. The Labute approximate surface area is 107 Å². The molecule has 0 saturated heterocycles. The second-order valence-corrected chi connectivity index (χ2v) is 5.26. The van der Waals surface area contributed by atoms with Crippen LogP contribution in [0.1, 0.15) is 43.2 Å². The van der Waals surface area contributed by atoms with E-state index in [0.717, 1.165) is 31.2 Å². The van der Waals surface area contributed by atoms with Crippen LogP contribution in [0.5, 0.6) is 0 Å². The van der Waals surface area contributed by atoms with Crippen LogP contribution in [0.4, 0.5) is 0 Å². The number of cyclic esters (lactones) is 1. The van der Waals surface area contributed by atoms with Crippen LogP contribution in [0.2, 0.25) is 0 Å². The molecule has 0 atom stereocenters. The fraction of sp³-hybridized carbons (Fsp3) is 0.467. The lowest BCUT2D eigenvalue weighted by Gasteiger charge is -2.25. The van der Waals surface area contributed by atoms with E-state index in [-0.39, 0.29) is 5.97 Å². The lowest BCUT2D eigenvalue weighted by Crippen LogP contribution is -2.35. The standard InChI is InChI=1S/C15H17NO2/c1-11-5-7-12(8-6-11)13-16-15(14(17)18-13)9-3-2-4-10-15/h5-8H,2-4,9-10H2,1H3. The first-order chi connectivity index (χ1) is 8.70. The topological polar surface area (TPSA) is 38.7 Å². The van der Waals surface area contributed by atoms with E-state index < -0.39 is 5.54 Å². The minimum absolute atomic E-state index is 0.155. The zero-order valence-electron chi connectivity index (χ0n) is 10.6. The minimum atomic E-state index is -0.571. The van der Waals surface area contributed by atoms with Gasteiger partial charge in [-0.15, -0.1) is 0 Å². The van der Waals surface area contributed by atoms with Crippen molar-refractivity contribution in [1.29, 1.82) is 0 Å². The average Bonchev–Trinajstić information content (AvgIpc) is 2.69. The number of carbonyl (C=O) groups excluding carboxylic acids is 1. The molecule has 1 aromatic rings. The lowest BCUT2D eigenvalue weighted by atomic mass is 9.83. The van der Waals surface area contributed by atoms with Crippen LogP contribution < -0.4 is 0 Å². The molecule has 0 bridgehead atoms. The molecule has 0 amide bonds. The molecular formula is C15H17NO2. The number of rotatable bonds is 1. The molecule has 1 heterocycles. The van der Waals surface area contributed by atoms with Crippen molar-refractivity contribution in [1.82, 2.24) is 0 Å².